The van der Waals surface area contributed by atoms with Gasteiger partial charge in [-0.2, -0.15) is 0 Å². The monoisotopic (exact) mass is 308 g/mol. The van der Waals surface area contributed by atoms with E-state index in [1.807, 2.05) is 0 Å². The Bertz CT molecular complexity index is 684. The van der Waals surface area contributed by atoms with Gasteiger partial charge in [-0.1, -0.05) is 11.6 Å². The number of aromatic nitrogens is 3. The molecule has 0 spiro atoms. The highest BCUT2D eigenvalue weighted by Crippen LogP contribution is 2.25. The largest absolute Gasteiger partial charge is 0.367 e. The molecule has 21 heavy (non-hydrogen) atoms. The molecule has 0 saturated carbocycles. The molecular formula is C12H13ClN6O2. The molecule has 2 aromatic rings. The zero-order chi connectivity index (χ0) is 15.4. The molecule has 2 rings (SSSR count). The smallest absolute Gasteiger partial charge is 0.246 e. The van der Waals surface area contributed by atoms with Crippen LogP contribution in [0.1, 0.15) is 6.92 Å². The van der Waals surface area contributed by atoms with Gasteiger partial charge in [0.25, 0.3) is 0 Å². The molecule has 0 aliphatic rings. The summed E-state index contributed by atoms with van der Waals surface area (Å²) in [7, 11) is 0. The van der Waals surface area contributed by atoms with Crippen molar-refractivity contribution in [3.63, 3.8) is 0 Å². The Kier molecular flexibility index (Phi) is 4.39. The van der Waals surface area contributed by atoms with Crippen LogP contribution in [0.3, 0.4) is 0 Å². The molecule has 0 aliphatic carbocycles. The van der Waals surface area contributed by atoms with Crippen LogP contribution in [0.25, 0.3) is 0 Å². The van der Waals surface area contributed by atoms with Crippen LogP contribution in [-0.4, -0.2) is 26.6 Å². The number of nitrogens with zero attached hydrogens (tertiary/aromatic N) is 3. The summed E-state index contributed by atoms with van der Waals surface area (Å²) in [5, 5.41) is 9.36. The first-order chi connectivity index (χ1) is 9.94. The van der Waals surface area contributed by atoms with Crippen molar-refractivity contribution in [3.05, 3.63) is 29.5 Å². The van der Waals surface area contributed by atoms with Gasteiger partial charge >= 0.3 is 0 Å². The molecule has 0 bridgehead atoms. The van der Waals surface area contributed by atoms with Gasteiger partial charge in [0.2, 0.25) is 17.8 Å². The van der Waals surface area contributed by atoms with Crippen molar-refractivity contribution in [2.45, 2.75) is 13.5 Å². The molecule has 1 aromatic carbocycles. The van der Waals surface area contributed by atoms with Gasteiger partial charge in [-0.3, -0.25) is 9.59 Å². The highest BCUT2D eigenvalue weighted by molar-refractivity contribution is 6.34. The topological polar surface area (TPSA) is 115 Å². The van der Waals surface area contributed by atoms with Gasteiger partial charge in [0.1, 0.15) is 12.9 Å². The Morgan fingerprint density at radius 1 is 1.38 bits per heavy atom. The van der Waals surface area contributed by atoms with Crippen LogP contribution >= 0.6 is 11.6 Å². The number of benzene rings is 1. The third-order valence-electron chi connectivity index (χ3n) is 2.42. The molecule has 0 unspecified atom stereocenters. The summed E-state index contributed by atoms with van der Waals surface area (Å²) in [6.45, 7) is 1.37. The molecule has 9 heteroatoms. The normalized spacial score (nSPS) is 10.2. The van der Waals surface area contributed by atoms with Gasteiger partial charge in [-0.05, 0) is 18.2 Å². The molecule has 0 radical (unpaired) electrons. The number of nitrogens with two attached hydrogens (primary N) is 1. The molecule has 1 aromatic heterocycles. The van der Waals surface area contributed by atoms with E-state index < -0.39 is 0 Å². The first kappa shape index (κ1) is 14.8. The van der Waals surface area contributed by atoms with Crippen LogP contribution in [-0.2, 0) is 16.1 Å². The predicted molar refractivity (Wildman–Crippen MR) is 78.8 cm³/mol. The molecule has 8 nitrogen and oxygen atoms in total. The molecule has 2 amide bonds. The number of hydrogen-bond acceptors (Lipinski definition) is 5. The average molecular weight is 309 g/mol. The second-order valence-corrected chi connectivity index (χ2v) is 4.63. The van der Waals surface area contributed by atoms with E-state index in [1.165, 1.54) is 17.9 Å². The van der Waals surface area contributed by atoms with Crippen LogP contribution in [0.15, 0.2) is 24.5 Å². The van der Waals surface area contributed by atoms with Crippen LogP contribution in [0.5, 0.6) is 0 Å². The highest BCUT2D eigenvalue weighted by atomic mass is 35.5. The van der Waals surface area contributed by atoms with Crippen LogP contribution in [0.2, 0.25) is 5.02 Å². The van der Waals surface area contributed by atoms with Gasteiger partial charge in [0.05, 0.1) is 10.7 Å². The van der Waals surface area contributed by atoms with Crippen molar-refractivity contribution in [3.8, 4) is 0 Å². The number of anilines is 3. The Morgan fingerprint density at radius 3 is 2.71 bits per heavy atom. The number of nitrogens with one attached hydrogen (secondary N) is 2. The summed E-state index contributed by atoms with van der Waals surface area (Å²) in [5.41, 5.74) is 6.34. The maximum Gasteiger partial charge on any atom is 0.246 e. The number of amides is 2. The zero-order valence-electron chi connectivity index (χ0n) is 11.1. The number of carbonyl (C=O) groups is 2. The van der Waals surface area contributed by atoms with Crippen molar-refractivity contribution in [2.24, 2.45) is 0 Å². The molecule has 0 atom stereocenters. The second kappa shape index (κ2) is 6.23. The van der Waals surface area contributed by atoms with E-state index in [1.54, 1.807) is 18.2 Å². The quantitative estimate of drug-likeness (QED) is 0.782. The number of rotatable bonds is 4. The summed E-state index contributed by atoms with van der Waals surface area (Å²) in [5.74, 6) is -0.425. The van der Waals surface area contributed by atoms with Crippen LogP contribution < -0.4 is 16.4 Å². The van der Waals surface area contributed by atoms with E-state index in [9.17, 15) is 9.59 Å². The third kappa shape index (κ3) is 4.18. The average Bonchev–Trinajstić information content (AvgIpc) is 2.77. The fourth-order valence-corrected chi connectivity index (χ4v) is 1.84. The zero-order valence-corrected chi connectivity index (χ0v) is 11.9. The third-order valence-corrected chi connectivity index (χ3v) is 2.74. The molecule has 0 aliphatic heterocycles. The van der Waals surface area contributed by atoms with Crippen molar-refractivity contribution >= 4 is 40.7 Å². The Morgan fingerprint density at radius 2 is 2.14 bits per heavy atom. The molecule has 4 N–H and O–H groups in total. The summed E-state index contributed by atoms with van der Waals surface area (Å²) in [6, 6.07) is 4.78. The van der Waals surface area contributed by atoms with Gasteiger partial charge in [-0.25, -0.2) is 9.67 Å². The van der Waals surface area contributed by atoms with E-state index >= 15 is 0 Å². The maximum atomic E-state index is 11.8. The van der Waals surface area contributed by atoms with E-state index in [-0.39, 0.29) is 24.3 Å². The van der Waals surface area contributed by atoms with Crippen molar-refractivity contribution in [2.75, 3.05) is 16.4 Å². The fourth-order valence-electron chi connectivity index (χ4n) is 1.62. The van der Waals surface area contributed by atoms with Crippen LogP contribution in [0, 0.1) is 0 Å². The van der Waals surface area contributed by atoms with E-state index in [0.717, 1.165) is 0 Å². The SMILES string of the molecule is CC(=O)Nc1ccc(NC(=O)Cn2cnc(N)n2)cc1Cl. The van der Waals surface area contributed by atoms with Gasteiger partial charge < -0.3 is 16.4 Å². The Labute approximate surface area is 125 Å². The standard InChI is InChI=1S/C12H13ClN6O2/c1-7(20)16-10-3-2-8(4-9(10)13)17-11(21)5-19-6-15-12(14)18-19/h2-4,6H,5H2,1H3,(H2,14,18)(H,16,20)(H,17,21). The van der Waals surface area contributed by atoms with Gasteiger partial charge in [0.15, 0.2) is 0 Å². The minimum atomic E-state index is -0.303. The lowest BCUT2D eigenvalue weighted by molar-refractivity contribution is -0.117. The lowest BCUT2D eigenvalue weighted by atomic mass is 10.2. The number of halogens is 1. The van der Waals surface area contributed by atoms with E-state index in [4.69, 9.17) is 17.3 Å². The van der Waals surface area contributed by atoms with Crippen LogP contribution in [0.4, 0.5) is 17.3 Å². The minimum Gasteiger partial charge on any atom is -0.367 e. The molecule has 1 heterocycles. The van der Waals surface area contributed by atoms with Crippen molar-refractivity contribution in [1.29, 1.82) is 0 Å². The minimum absolute atomic E-state index is 0.0186. The molecule has 110 valence electrons. The Balaban J connectivity index is 2.01. The molecule has 0 fully saturated rings. The van der Waals surface area contributed by atoms with Crippen molar-refractivity contribution < 1.29 is 9.59 Å². The maximum absolute atomic E-state index is 11.8. The Hall–Kier alpha value is -2.61. The molecular weight excluding hydrogens is 296 g/mol. The summed E-state index contributed by atoms with van der Waals surface area (Å²) in [4.78, 5) is 26.5. The van der Waals surface area contributed by atoms with Gasteiger partial charge in [-0.15, -0.1) is 5.10 Å². The lowest BCUT2D eigenvalue weighted by Gasteiger charge is -2.09. The number of hydrogen-bond donors (Lipinski definition) is 3. The predicted octanol–water partition coefficient (Wildman–Crippen LogP) is 1.11. The van der Waals surface area contributed by atoms with E-state index in [0.29, 0.717) is 16.4 Å². The summed E-state index contributed by atoms with van der Waals surface area (Å²) < 4.78 is 1.32. The van der Waals surface area contributed by atoms with E-state index in [2.05, 4.69) is 20.7 Å². The summed E-state index contributed by atoms with van der Waals surface area (Å²) >= 11 is 6.01. The lowest BCUT2D eigenvalue weighted by Crippen LogP contribution is -2.19. The second-order valence-electron chi connectivity index (χ2n) is 4.22. The number of carbonyl (C=O) groups excluding carboxylic acids is 2. The molecule has 0 saturated heterocycles. The van der Waals surface area contributed by atoms with Gasteiger partial charge in [0, 0.05) is 12.6 Å². The first-order valence-corrected chi connectivity index (χ1v) is 6.34. The fraction of sp³-hybridized carbons (Fsp3) is 0.167. The summed E-state index contributed by atoms with van der Waals surface area (Å²) in [6.07, 6.45) is 1.36. The highest BCUT2D eigenvalue weighted by Gasteiger charge is 2.08. The van der Waals surface area contributed by atoms with Crippen molar-refractivity contribution in [1.82, 2.24) is 14.8 Å². The number of nitrogen functional groups attached to an aromatic ring is 1. The first-order valence-electron chi connectivity index (χ1n) is 5.96.